The van der Waals surface area contributed by atoms with E-state index in [0.29, 0.717) is 5.92 Å². The molecule has 17 heavy (non-hydrogen) atoms. The SMILES string of the molecule is CC1c2ccc(Cl)cc2SCc2cccnc21. The van der Waals surface area contributed by atoms with Crippen molar-refractivity contribution < 1.29 is 0 Å². The zero-order valence-corrected chi connectivity index (χ0v) is 11.1. The highest BCUT2D eigenvalue weighted by atomic mass is 35.5. The Morgan fingerprint density at radius 2 is 2.24 bits per heavy atom. The van der Waals surface area contributed by atoms with Gasteiger partial charge in [-0.25, -0.2) is 0 Å². The highest BCUT2D eigenvalue weighted by molar-refractivity contribution is 7.98. The van der Waals surface area contributed by atoms with E-state index in [0.717, 1.165) is 10.8 Å². The van der Waals surface area contributed by atoms with Gasteiger partial charge in [-0.1, -0.05) is 30.7 Å². The molecule has 1 aliphatic rings. The third kappa shape index (κ3) is 1.96. The molecule has 1 aromatic heterocycles. The summed E-state index contributed by atoms with van der Waals surface area (Å²) in [5.41, 5.74) is 3.86. The molecule has 1 aliphatic heterocycles. The Hall–Kier alpha value is -0.990. The number of thioether (sulfide) groups is 1. The van der Waals surface area contributed by atoms with E-state index in [1.165, 1.54) is 21.7 Å². The van der Waals surface area contributed by atoms with Crippen LogP contribution >= 0.6 is 23.4 Å². The summed E-state index contributed by atoms with van der Waals surface area (Å²) in [6.45, 7) is 2.21. The van der Waals surface area contributed by atoms with Gasteiger partial charge in [-0.2, -0.15) is 0 Å². The predicted molar refractivity (Wildman–Crippen MR) is 72.8 cm³/mol. The van der Waals surface area contributed by atoms with Crippen molar-refractivity contribution >= 4 is 23.4 Å². The molecule has 1 aromatic carbocycles. The van der Waals surface area contributed by atoms with E-state index in [9.17, 15) is 0 Å². The van der Waals surface area contributed by atoms with Gasteiger partial charge >= 0.3 is 0 Å². The monoisotopic (exact) mass is 261 g/mol. The quantitative estimate of drug-likeness (QED) is 0.693. The number of fused-ring (bicyclic) bond motifs is 2. The minimum absolute atomic E-state index is 0.341. The normalized spacial score (nSPS) is 18.1. The molecule has 2 aromatic rings. The van der Waals surface area contributed by atoms with E-state index >= 15 is 0 Å². The van der Waals surface area contributed by atoms with Gasteiger partial charge < -0.3 is 0 Å². The smallest absolute Gasteiger partial charge is 0.0516 e. The molecule has 0 saturated carbocycles. The second-order valence-corrected chi connectivity index (χ2v) is 5.69. The van der Waals surface area contributed by atoms with Crippen molar-refractivity contribution in [1.82, 2.24) is 4.98 Å². The van der Waals surface area contributed by atoms with Crippen LogP contribution in [0.4, 0.5) is 0 Å². The molecule has 1 unspecified atom stereocenters. The second kappa shape index (κ2) is 4.35. The van der Waals surface area contributed by atoms with Crippen LogP contribution in [0.2, 0.25) is 5.02 Å². The van der Waals surface area contributed by atoms with Crippen molar-refractivity contribution in [3.05, 3.63) is 58.4 Å². The standard InChI is InChI=1S/C14H12ClNS/c1-9-12-5-4-11(15)7-13(12)17-8-10-3-2-6-16-14(9)10/h2-7,9H,8H2,1H3. The van der Waals surface area contributed by atoms with E-state index in [2.05, 4.69) is 30.1 Å². The summed E-state index contributed by atoms with van der Waals surface area (Å²) in [6, 6.07) is 10.3. The average molecular weight is 262 g/mol. The highest BCUT2D eigenvalue weighted by Crippen LogP contribution is 2.40. The Morgan fingerprint density at radius 1 is 1.35 bits per heavy atom. The molecule has 1 nitrogen and oxygen atoms in total. The summed E-state index contributed by atoms with van der Waals surface area (Å²) in [7, 11) is 0. The summed E-state index contributed by atoms with van der Waals surface area (Å²) in [5.74, 6) is 1.31. The topological polar surface area (TPSA) is 12.9 Å². The molecule has 3 heteroatoms. The van der Waals surface area contributed by atoms with Crippen LogP contribution in [0.25, 0.3) is 0 Å². The van der Waals surface area contributed by atoms with Crippen LogP contribution in [0.3, 0.4) is 0 Å². The number of aromatic nitrogens is 1. The maximum Gasteiger partial charge on any atom is 0.0516 e. The zero-order chi connectivity index (χ0) is 11.8. The summed E-state index contributed by atoms with van der Waals surface area (Å²) in [6.07, 6.45) is 1.88. The molecule has 0 N–H and O–H groups in total. The van der Waals surface area contributed by atoms with Gasteiger partial charge in [0.05, 0.1) is 5.69 Å². The van der Waals surface area contributed by atoms with Crippen LogP contribution < -0.4 is 0 Å². The molecule has 0 bridgehead atoms. The Balaban J connectivity index is 2.16. The van der Waals surface area contributed by atoms with E-state index in [1.54, 1.807) is 0 Å². The molecule has 0 amide bonds. The molecule has 0 spiro atoms. The molecule has 0 radical (unpaired) electrons. The molecule has 1 atom stereocenters. The minimum Gasteiger partial charge on any atom is -0.260 e. The Labute approximate surface area is 110 Å². The van der Waals surface area contributed by atoms with Gasteiger partial charge in [0.25, 0.3) is 0 Å². The van der Waals surface area contributed by atoms with Crippen LogP contribution in [0.15, 0.2) is 41.4 Å². The largest absolute Gasteiger partial charge is 0.260 e. The van der Waals surface area contributed by atoms with Crippen LogP contribution in [0.5, 0.6) is 0 Å². The van der Waals surface area contributed by atoms with Gasteiger partial charge in [0, 0.05) is 27.8 Å². The fourth-order valence-electron chi connectivity index (χ4n) is 2.26. The van der Waals surface area contributed by atoms with Gasteiger partial charge in [-0.05, 0) is 29.3 Å². The molecule has 3 rings (SSSR count). The highest BCUT2D eigenvalue weighted by Gasteiger charge is 2.21. The fourth-order valence-corrected chi connectivity index (χ4v) is 3.67. The molecule has 0 fully saturated rings. The lowest BCUT2D eigenvalue weighted by Crippen LogP contribution is -2.01. The van der Waals surface area contributed by atoms with E-state index in [4.69, 9.17) is 11.6 Å². The summed E-state index contributed by atoms with van der Waals surface area (Å²) >= 11 is 7.91. The summed E-state index contributed by atoms with van der Waals surface area (Å²) < 4.78 is 0. The van der Waals surface area contributed by atoms with Gasteiger partial charge in [0.1, 0.15) is 0 Å². The van der Waals surface area contributed by atoms with E-state index < -0.39 is 0 Å². The van der Waals surface area contributed by atoms with E-state index in [-0.39, 0.29) is 0 Å². The van der Waals surface area contributed by atoms with Crippen LogP contribution in [0, 0.1) is 0 Å². The Kier molecular flexibility index (Phi) is 2.85. The van der Waals surface area contributed by atoms with Crippen molar-refractivity contribution in [3.8, 4) is 0 Å². The molecular weight excluding hydrogens is 250 g/mol. The average Bonchev–Trinajstić information content (AvgIpc) is 2.48. The lowest BCUT2D eigenvalue weighted by molar-refractivity contribution is 0.843. The maximum absolute atomic E-state index is 6.06. The lowest BCUT2D eigenvalue weighted by Gasteiger charge is -2.13. The van der Waals surface area contributed by atoms with Crippen molar-refractivity contribution in [2.45, 2.75) is 23.5 Å². The predicted octanol–water partition coefficient (Wildman–Crippen LogP) is 4.49. The number of hydrogen-bond donors (Lipinski definition) is 0. The first-order chi connectivity index (χ1) is 8.25. The van der Waals surface area contributed by atoms with Crippen molar-refractivity contribution in [1.29, 1.82) is 0 Å². The first kappa shape index (κ1) is 11.1. The van der Waals surface area contributed by atoms with Crippen LogP contribution in [0.1, 0.15) is 29.7 Å². The van der Waals surface area contributed by atoms with Gasteiger partial charge in [-0.15, -0.1) is 11.8 Å². The number of benzene rings is 1. The zero-order valence-electron chi connectivity index (χ0n) is 9.48. The third-order valence-electron chi connectivity index (χ3n) is 3.16. The lowest BCUT2D eigenvalue weighted by atomic mass is 9.95. The maximum atomic E-state index is 6.06. The van der Waals surface area contributed by atoms with Gasteiger partial charge in [0.15, 0.2) is 0 Å². The third-order valence-corrected chi connectivity index (χ3v) is 4.52. The van der Waals surface area contributed by atoms with Gasteiger partial charge in [-0.3, -0.25) is 4.98 Å². The van der Waals surface area contributed by atoms with Gasteiger partial charge in [0.2, 0.25) is 0 Å². The molecule has 2 heterocycles. The number of pyridine rings is 1. The molecule has 86 valence electrons. The molecule has 0 aliphatic carbocycles. The number of halogens is 1. The second-order valence-electron chi connectivity index (χ2n) is 4.24. The minimum atomic E-state index is 0.341. The van der Waals surface area contributed by atoms with Crippen LogP contribution in [-0.4, -0.2) is 4.98 Å². The Bertz CT molecular complexity index is 568. The molecule has 0 saturated heterocycles. The van der Waals surface area contributed by atoms with Crippen molar-refractivity contribution in [2.75, 3.05) is 0 Å². The number of rotatable bonds is 0. The first-order valence-electron chi connectivity index (χ1n) is 5.62. The number of hydrogen-bond acceptors (Lipinski definition) is 2. The van der Waals surface area contributed by atoms with Crippen molar-refractivity contribution in [3.63, 3.8) is 0 Å². The summed E-state index contributed by atoms with van der Waals surface area (Å²) in [5, 5.41) is 0.808. The Morgan fingerprint density at radius 3 is 3.12 bits per heavy atom. The van der Waals surface area contributed by atoms with E-state index in [1.807, 2.05) is 30.1 Å². The van der Waals surface area contributed by atoms with Crippen molar-refractivity contribution in [2.24, 2.45) is 0 Å². The van der Waals surface area contributed by atoms with Crippen LogP contribution in [-0.2, 0) is 5.75 Å². The molecular formula is C14H12ClNS. The fraction of sp³-hybridized carbons (Fsp3) is 0.214. The number of nitrogens with zero attached hydrogens (tertiary/aromatic N) is 1. The first-order valence-corrected chi connectivity index (χ1v) is 6.98. The summed E-state index contributed by atoms with van der Waals surface area (Å²) in [4.78, 5) is 5.82.